The van der Waals surface area contributed by atoms with Crippen molar-refractivity contribution in [3.05, 3.63) is 29.7 Å². The van der Waals surface area contributed by atoms with Crippen LogP contribution in [0.2, 0.25) is 0 Å². The Hall–Kier alpha value is -1.05. The Bertz CT molecular complexity index is 290. The molecule has 2 nitrogen and oxygen atoms in total. The minimum atomic E-state index is 0. The third-order valence-corrected chi connectivity index (χ3v) is 2.37. The zero-order chi connectivity index (χ0) is 9.26. The Balaban J connectivity index is 0.000000980. The van der Waals surface area contributed by atoms with Gasteiger partial charge in [-0.3, -0.25) is 4.79 Å². The summed E-state index contributed by atoms with van der Waals surface area (Å²) in [6.07, 6.45) is 9.11. The highest BCUT2D eigenvalue weighted by Crippen LogP contribution is 2.21. The smallest absolute Gasteiger partial charge is 0.247 e. The second-order valence-corrected chi connectivity index (χ2v) is 3.79. The minimum Gasteiger partial charge on any atom is -0.350 e. The zero-order valence-electron chi connectivity index (χ0n) is 7.84. The number of hydrogen-bond acceptors (Lipinski definition) is 1. The highest BCUT2D eigenvalue weighted by Gasteiger charge is 2.24. The molecule has 0 spiro atoms. The first-order valence-corrected chi connectivity index (χ1v) is 4.77. The van der Waals surface area contributed by atoms with Gasteiger partial charge in [-0.1, -0.05) is 17.7 Å². The van der Waals surface area contributed by atoms with E-state index in [1.807, 2.05) is 18.6 Å². The molecular formula is C11H16NO. The molecule has 0 aromatic heterocycles. The topological polar surface area (TPSA) is 29.1 Å². The number of amides is 1. The fraction of sp³-hybridized carbons (Fsp3) is 0.455. The van der Waals surface area contributed by atoms with E-state index in [1.54, 1.807) is 0 Å². The Labute approximate surface area is 80.2 Å². The van der Waals surface area contributed by atoms with Crippen LogP contribution < -0.4 is 5.32 Å². The van der Waals surface area contributed by atoms with Crippen molar-refractivity contribution >= 4 is 5.91 Å². The van der Waals surface area contributed by atoms with Gasteiger partial charge in [-0.2, -0.15) is 0 Å². The van der Waals surface area contributed by atoms with Crippen LogP contribution in [0.5, 0.6) is 0 Å². The Morgan fingerprint density at radius 1 is 1.54 bits per heavy atom. The molecule has 71 valence electrons. The molecule has 1 radical (unpaired) electrons. The molecule has 0 aromatic rings. The van der Waals surface area contributed by atoms with Gasteiger partial charge in [-0.25, -0.2) is 0 Å². The van der Waals surface area contributed by atoms with E-state index in [9.17, 15) is 4.79 Å². The Morgan fingerprint density at radius 3 is 2.85 bits per heavy atom. The molecule has 1 N–H and O–H groups in total. The summed E-state index contributed by atoms with van der Waals surface area (Å²) in [4.78, 5) is 11.5. The van der Waals surface area contributed by atoms with E-state index in [0.717, 1.165) is 24.8 Å². The lowest BCUT2D eigenvalue weighted by atomic mass is 9.99. The van der Waals surface area contributed by atoms with Crippen LogP contribution in [0, 0.1) is 6.42 Å². The molecule has 0 heterocycles. The highest BCUT2D eigenvalue weighted by atomic mass is 16.1. The second-order valence-electron chi connectivity index (χ2n) is 3.79. The minimum absolute atomic E-state index is 0. The molecule has 1 fully saturated rings. The monoisotopic (exact) mass is 178 g/mol. The van der Waals surface area contributed by atoms with Crippen molar-refractivity contribution in [3.63, 3.8) is 0 Å². The number of carbonyl (C=O) groups is 1. The van der Waals surface area contributed by atoms with Gasteiger partial charge in [0.2, 0.25) is 5.91 Å². The molecule has 1 saturated carbocycles. The highest BCUT2D eigenvalue weighted by molar-refractivity contribution is 5.96. The van der Waals surface area contributed by atoms with E-state index in [0.29, 0.717) is 6.04 Å². The van der Waals surface area contributed by atoms with Crippen molar-refractivity contribution in [1.82, 2.24) is 5.32 Å². The van der Waals surface area contributed by atoms with Gasteiger partial charge in [0.05, 0.1) is 0 Å². The number of hydrogen-bond donors (Lipinski definition) is 1. The van der Waals surface area contributed by atoms with Crippen molar-refractivity contribution in [2.45, 2.75) is 32.2 Å². The molecule has 1 amide bonds. The fourth-order valence-electron chi connectivity index (χ4n) is 1.30. The third kappa shape index (κ3) is 2.20. The van der Waals surface area contributed by atoms with Gasteiger partial charge in [0.15, 0.2) is 0 Å². The lowest BCUT2D eigenvalue weighted by molar-refractivity contribution is -0.117. The molecule has 2 aliphatic carbocycles. The van der Waals surface area contributed by atoms with Gasteiger partial charge < -0.3 is 5.32 Å². The van der Waals surface area contributed by atoms with Crippen molar-refractivity contribution in [3.8, 4) is 0 Å². The van der Waals surface area contributed by atoms with Crippen molar-refractivity contribution in [2.24, 2.45) is 0 Å². The van der Waals surface area contributed by atoms with Gasteiger partial charge in [0.25, 0.3) is 0 Å². The maximum Gasteiger partial charge on any atom is 0.247 e. The largest absolute Gasteiger partial charge is 0.350 e. The molecule has 0 unspecified atom stereocenters. The third-order valence-electron chi connectivity index (χ3n) is 2.37. The molecule has 2 heteroatoms. The van der Waals surface area contributed by atoms with Crippen LogP contribution in [0.4, 0.5) is 0 Å². The van der Waals surface area contributed by atoms with Gasteiger partial charge in [-0.15, -0.1) is 0 Å². The van der Waals surface area contributed by atoms with Crippen molar-refractivity contribution in [1.29, 1.82) is 0 Å². The predicted molar refractivity (Wildman–Crippen MR) is 54.0 cm³/mol. The molecule has 2 aliphatic rings. The molecule has 0 atom stereocenters. The van der Waals surface area contributed by atoms with Crippen LogP contribution in [0.1, 0.15) is 27.6 Å². The van der Waals surface area contributed by atoms with Crippen LogP contribution in [0.15, 0.2) is 23.3 Å². The molecule has 0 aliphatic heterocycles. The summed E-state index contributed by atoms with van der Waals surface area (Å²) in [6.45, 7) is 2.07. The van der Waals surface area contributed by atoms with E-state index >= 15 is 0 Å². The van der Waals surface area contributed by atoms with Gasteiger partial charge >= 0.3 is 0 Å². The van der Waals surface area contributed by atoms with Crippen LogP contribution in [-0.2, 0) is 4.79 Å². The van der Waals surface area contributed by atoms with Gasteiger partial charge in [0.1, 0.15) is 0 Å². The molecule has 13 heavy (non-hydrogen) atoms. The maximum atomic E-state index is 11.5. The SMILES string of the molecule is CC1=CC=C(C(=O)NC2CC2)[CH]C1.[HH]. The van der Waals surface area contributed by atoms with Crippen LogP contribution >= 0.6 is 0 Å². The maximum absolute atomic E-state index is 11.5. The fourth-order valence-corrected chi connectivity index (χ4v) is 1.30. The first-order valence-electron chi connectivity index (χ1n) is 4.77. The average Bonchev–Trinajstić information content (AvgIpc) is 2.89. The van der Waals surface area contributed by atoms with E-state index in [1.165, 1.54) is 5.57 Å². The molecular weight excluding hydrogens is 162 g/mol. The van der Waals surface area contributed by atoms with E-state index in [4.69, 9.17) is 0 Å². The molecule has 0 saturated heterocycles. The lowest BCUT2D eigenvalue weighted by Crippen LogP contribution is -2.27. The van der Waals surface area contributed by atoms with Crippen molar-refractivity contribution < 1.29 is 6.22 Å². The standard InChI is InChI=1S/C11H14NO.H2/c1-8-2-4-9(5-3-8)11(13)12-10-6-7-10;/h2,4-5,10H,3,6-7H2,1H3,(H,12,13);1H. The Morgan fingerprint density at radius 2 is 2.31 bits per heavy atom. The summed E-state index contributed by atoms with van der Waals surface area (Å²) in [5, 5.41) is 2.97. The predicted octanol–water partition coefficient (Wildman–Crippen LogP) is 1.99. The van der Waals surface area contributed by atoms with Gasteiger partial charge in [0, 0.05) is 19.5 Å². The quantitative estimate of drug-likeness (QED) is 0.688. The molecule has 0 aromatic carbocycles. The summed E-state index contributed by atoms with van der Waals surface area (Å²) < 4.78 is 0. The average molecular weight is 178 g/mol. The van der Waals surface area contributed by atoms with Crippen LogP contribution in [-0.4, -0.2) is 11.9 Å². The second kappa shape index (κ2) is 3.36. The van der Waals surface area contributed by atoms with Crippen LogP contribution in [0.25, 0.3) is 0 Å². The van der Waals surface area contributed by atoms with Crippen LogP contribution in [0.3, 0.4) is 0 Å². The summed E-state index contributed by atoms with van der Waals surface area (Å²) in [7, 11) is 0. The number of rotatable bonds is 2. The number of carbonyl (C=O) groups excluding carboxylic acids is 1. The molecule has 0 bridgehead atoms. The summed E-state index contributed by atoms with van der Waals surface area (Å²) in [5.74, 6) is 0.0891. The first-order chi connectivity index (χ1) is 6.25. The Kier molecular flexibility index (Phi) is 2.21. The zero-order valence-corrected chi connectivity index (χ0v) is 7.84. The molecule has 2 rings (SSSR count). The summed E-state index contributed by atoms with van der Waals surface area (Å²) >= 11 is 0. The lowest BCUT2D eigenvalue weighted by Gasteiger charge is -2.11. The van der Waals surface area contributed by atoms with Crippen molar-refractivity contribution in [2.75, 3.05) is 0 Å². The summed E-state index contributed by atoms with van der Waals surface area (Å²) in [6, 6.07) is 0.453. The summed E-state index contributed by atoms with van der Waals surface area (Å²) in [5.41, 5.74) is 2.13. The first kappa shape index (κ1) is 8.54. The number of allylic oxidation sites excluding steroid dienone is 3. The normalized spacial score (nSPS) is 21.9. The van der Waals surface area contributed by atoms with Gasteiger partial charge in [-0.05, 0) is 26.2 Å². The number of nitrogens with one attached hydrogen (secondary N) is 1. The van der Waals surface area contributed by atoms with E-state index in [2.05, 4.69) is 12.2 Å². The van der Waals surface area contributed by atoms with E-state index < -0.39 is 0 Å². The van der Waals surface area contributed by atoms with E-state index in [-0.39, 0.29) is 7.33 Å².